The van der Waals surface area contributed by atoms with Crippen molar-refractivity contribution in [2.75, 3.05) is 25.5 Å². The summed E-state index contributed by atoms with van der Waals surface area (Å²) in [6.45, 7) is 3.91. The highest BCUT2D eigenvalue weighted by atomic mass is 35.5. The van der Waals surface area contributed by atoms with Crippen LogP contribution in [-0.4, -0.2) is 35.9 Å². The van der Waals surface area contributed by atoms with Crippen LogP contribution in [0.25, 0.3) is 0 Å². The number of nitrogens with one attached hydrogen (secondary N) is 1. The largest absolute Gasteiger partial charge is 0.373 e. The number of amides is 1. The maximum atomic E-state index is 12.5. The third-order valence-corrected chi connectivity index (χ3v) is 3.79. The molecule has 0 aliphatic carbocycles. The minimum Gasteiger partial charge on any atom is -0.373 e. The normalized spacial score (nSPS) is 19.9. The van der Waals surface area contributed by atoms with Crippen LogP contribution in [0.2, 0.25) is 5.15 Å². The van der Waals surface area contributed by atoms with E-state index < -0.39 is 0 Å². The molecule has 4 nitrogen and oxygen atoms in total. The van der Waals surface area contributed by atoms with E-state index in [-0.39, 0.29) is 5.91 Å². The van der Waals surface area contributed by atoms with Crippen LogP contribution >= 0.6 is 11.6 Å². The quantitative estimate of drug-likeness (QED) is 0.848. The maximum Gasteiger partial charge on any atom is 0.254 e. The summed E-state index contributed by atoms with van der Waals surface area (Å²) >= 11 is 5.95. The Bertz CT molecular complexity index is 464. The predicted molar refractivity (Wildman–Crippen MR) is 77.7 cm³/mol. The molecule has 1 N–H and O–H groups in total. The lowest BCUT2D eigenvalue weighted by molar-refractivity contribution is 0.0760. The van der Waals surface area contributed by atoms with Gasteiger partial charge in [-0.1, -0.05) is 18.5 Å². The van der Waals surface area contributed by atoms with Crippen molar-refractivity contribution in [3.63, 3.8) is 0 Å². The molecule has 2 heterocycles. The number of carbonyl (C=O) groups is 1. The van der Waals surface area contributed by atoms with Crippen molar-refractivity contribution >= 4 is 23.3 Å². The van der Waals surface area contributed by atoms with Crippen molar-refractivity contribution in [3.8, 4) is 0 Å². The lowest BCUT2D eigenvalue weighted by Crippen LogP contribution is -2.32. The first kappa shape index (κ1) is 14.1. The number of aromatic nitrogens is 1. The van der Waals surface area contributed by atoms with E-state index in [1.807, 2.05) is 4.90 Å². The smallest absolute Gasteiger partial charge is 0.254 e. The van der Waals surface area contributed by atoms with Gasteiger partial charge < -0.3 is 10.2 Å². The first-order valence-corrected chi connectivity index (χ1v) is 7.12. The summed E-state index contributed by atoms with van der Waals surface area (Å²) < 4.78 is 0. The molecule has 1 saturated heterocycles. The van der Waals surface area contributed by atoms with Crippen molar-refractivity contribution in [3.05, 3.63) is 22.8 Å². The Kier molecular flexibility index (Phi) is 4.64. The van der Waals surface area contributed by atoms with Crippen LogP contribution in [0.1, 0.15) is 36.5 Å². The predicted octanol–water partition coefficient (Wildman–Crippen LogP) is 3.04. The van der Waals surface area contributed by atoms with Gasteiger partial charge in [0.1, 0.15) is 11.0 Å². The number of carbonyl (C=O) groups excluding carboxylic acids is 1. The third-order valence-electron chi connectivity index (χ3n) is 3.60. The molecule has 0 radical (unpaired) electrons. The zero-order valence-corrected chi connectivity index (χ0v) is 12.2. The third kappa shape index (κ3) is 3.60. The SMILES string of the molecule is CNc1cc(C(=O)N2CCCC(C)CC2)cc(Cl)n1. The van der Waals surface area contributed by atoms with Crippen LogP contribution in [0, 0.1) is 5.92 Å². The molecule has 1 aromatic heterocycles. The highest BCUT2D eigenvalue weighted by Crippen LogP contribution is 2.20. The van der Waals surface area contributed by atoms with Crippen LogP contribution in [-0.2, 0) is 0 Å². The second-order valence-corrected chi connectivity index (χ2v) is 5.53. The van der Waals surface area contributed by atoms with Crippen LogP contribution in [0.3, 0.4) is 0 Å². The molecule has 19 heavy (non-hydrogen) atoms. The number of anilines is 1. The molecule has 0 aromatic carbocycles. The Labute approximate surface area is 119 Å². The molecule has 1 amide bonds. The number of nitrogens with zero attached hydrogens (tertiary/aromatic N) is 2. The molecule has 1 atom stereocenters. The zero-order chi connectivity index (χ0) is 13.8. The molecule has 2 rings (SSSR count). The lowest BCUT2D eigenvalue weighted by atomic mass is 10.0. The monoisotopic (exact) mass is 281 g/mol. The summed E-state index contributed by atoms with van der Waals surface area (Å²) in [5, 5.41) is 3.26. The Morgan fingerprint density at radius 1 is 1.42 bits per heavy atom. The topological polar surface area (TPSA) is 45.2 Å². The molecular formula is C14H20ClN3O. The molecule has 0 spiro atoms. The van der Waals surface area contributed by atoms with Gasteiger partial charge in [-0.15, -0.1) is 0 Å². The molecule has 1 unspecified atom stereocenters. The minimum absolute atomic E-state index is 0.0508. The second-order valence-electron chi connectivity index (χ2n) is 5.14. The first-order chi connectivity index (χ1) is 9.10. The van der Waals surface area contributed by atoms with E-state index in [4.69, 9.17) is 11.6 Å². The Hall–Kier alpha value is -1.29. The van der Waals surface area contributed by atoms with E-state index in [1.54, 1.807) is 19.2 Å². The fourth-order valence-corrected chi connectivity index (χ4v) is 2.61. The fraction of sp³-hybridized carbons (Fsp3) is 0.571. The van der Waals surface area contributed by atoms with E-state index >= 15 is 0 Å². The average molecular weight is 282 g/mol. The van der Waals surface area contributed by atoms with Gasteiger partial charge in [0.05, 0.1) is 0 Å². The van der Waals surface area contributed by atoms with E-state index in [1.165, 1.54) is 6.42 Å². The van der Waals surface area contributed by atoms with Gasteiger partial charge in [0, 0.05) is 25.7 Å². The highest BCUT2D eigenvalue weighted by molar-refractivity contribution is 6.29. The molecular weight excluding hydrogens is 262 g/mol. The standard InChI is InChI=1S/C14H20ClN3O/c1-10-4-3-6-18(7-5-10)14(19)11-8-12(15)17-13(9-11)16-2/h8-10H,3-7H2,1-2H3,(H,16,17). The number of halogens is 1. The number of hydrogen-bond acceptors (Lipinski definition) is 3. The average Bonchev–Trinajstić information content (AvgIpc) is 2.62. The van der Waals surface area contributed by atoms with Crippen LogP contribution < -0.4 is 5.32 Å². The van der Waals surface area contributed by atoms with Gasteiger partial charge in [-0.3, -0.25) is 4.79 Å². The minimum atomic E-state index is 0.0508. The molecule has 1 aromatic rings. The van der Waals surface area contributed by atoms with E-state index in [0.29, 0.717) is 22.5 Å². The summed E-state index contributed by atoms with van der Waals surface area (Å²) in [6.07, 6.45) is 3.34. The van der Waals surface area contributed by atoms with Gasteiger partial charge in [-0.25, -0.2) is 4.98 Å². The number of rotatable bonds is 2. The Morgan fingerprint density at radius 3 is 2.95 bits per heavy atom. The van der Waals surface area contributed by atoms with Gasteiger partial charge in [0.15, 0.2) is 0 Å². The van der Waals surface area contributed by atoms with Crippen molar-refractivity contribution in [1.29, 1.82) is 0 Å². The van der Waals surface area contributed by atoms with Crippen molar-refractivity contribution in [2.45, 2.75) is 26.2 Å². The zero-order valence-electron chi connectivity index (χ0n) is 11.4. The second kappa shape index (κ2) is 6.24. The summed E-state index contributed by atoms with van der Waals surface area (Å²) in [6, 6.07) is 3.39. The van der Waals surface area contributed by atoms with Crippen molar-refractivity contribution in [2.24, 2.45) is 5.92 Å². The molecule has 1 fully saturated rings. The van der Waals surface area contributed by atoms with Crippen LogP contribution in [0.15, 0.2) is 12.1 Å². The summed E-state index contributed by atoms with van der Waals surface area (Å²) in [5.41, 5.74) is 0.610. The van der Waals surface area contributed by atoms with Crippen molar-refractivity contribution < 1.29 is 4.79 Å². The molecule has 5 heteroatoms. The summed E-state index contributed by atoms with van der Waals surface area (Å²) in [7, 11) is 1.76. The van der Waals surface area contributed by atoms with Crippen molar-refractivity contribution in [1.82, 2.24) is 9.88 Å². The van der Waals surface area contributed by atoms with E-state index in [0.717, 1.165) is 25.9 Å². The molecule has 104 valence electrons. The van der Waals surface area contributed by atoms with Gasteiger partial charge in [-0.05, 0) is 37.3 Å². The summed E-state index contributed by atoms with van der Waals surface area (Å²) in [5.74, 6) is 1.38. The van der Waals surface area contributed by atoms with E-state index in [9.17, 15) is 4.79 Å². The van der Waals surface area contributed by atoms with Crippen LogP contribution in [0.5, 0.6) is 0 Å². The van der Waals surface area contributed by atoms with Gasteiger partial charge >= 0.3 is 0 Å². The molecule has 1 aliphatic rings. The molecule has 0 bridgehead atoms. The molecule has 0 saturated carbocycles. The Balaban J connectivity index is 2.16. The fourth-order valence-electron chi connectivity index (χ4n) is 2.40. The first-order valence-electron chi connectivity index (χ1n) is 6.74. The summed E-state index contributed by atoms with van der Waals surface area (Å²) in [4.78, 5) is 18.5. The van der Waals surface area contributed by atoms with E-state index in [2.05, 4.69) is 17.2 Å². The lowest BCUT2D eigenvalue weighted by Gasteiger charge is -2.20. The highest BCUT2D eigenvalue weighted by Gasteiger charge is 2.20. The molecule has 1 aliphatic heterocycles. The maximum absolute atomic E-state index is 12.5. The number of hydrogen-bond donors (Lipinski definition) is 1. The number of pyridine rings is 1. The van der Waals surface area contributed by atoms with Gasteiger partial charge in [0.2, 0.25) is 0 Å². The van der Waals surface area contributed by atoms with Crippen LogP contribution in [0.4, 0.5) is 5.82 Å². The van der Waals surface area contributed by atoms with Gasteiger partial charge in [0.25, 0.3) is 5.91 Å². The Morgan fingerprint density at radius 2 is 2.21 bits per heavy atom. The number of likely N-dealkylation sites (tertiary alicyclic amines) is 1. The van der Waals surface area contributed by atoms with Gasteiger partial charge in [-0.2, -0.15) is 0 Å².